The first kappa shape index (κ1) is 17.4. The van der Waals surface area contributed by atoms with Crippen LogP contribution < -0.4 is 10.1 Å². The first-order chi connectivity index (χ1) is 13.6. The molecule has 2 aromatic heterocycles. The van der Waals surface area contributed by atoms with Gasteiger partial charge in [-0.1, -0.05) is 30.3 Å². The Morgan fingerprint density at radius 1 is 1.21 bits per heavy atom. The lowest BCUT2D eigenvalue weighted by molar-refractivity contribution is 0.0991. The van der Waals surface area contributed by atoms with Crippen LogP contribution in [0.25, 0.3) is 10.8 Å². The van der Waals surface area contributed by atoms with Gasteiger partial charge in [0.2, 0.25) is 0 Å². The predicted octanol–water partition coefficient (Wildman–Crippen LogP) is 3.87. The highest BCUT2D eigenvalue weighted by atomic mass is 16.5. The number of furan rings is 1. The molecular weight excluding hydrogens is 356 g/mol. The van der Waals surface area contributed by atoms with E-state index in [0.717, 1.165) is 16.5 Å². The van der Waals surface area contributed by atoms with Crippen molar-refractivity contribution in [1.29, 1.82) is 5.26 Å². The third kappa shape index (κ3) is 3.44. The molecule has 4 rings (SSSR count). The summed E-state index contributed by atoms with van der Waals surface area (Å²) in [5.41, 5.74) is 0.280. The second-order valence-corrected chi connectivity index (χ2v) is 6.16. The molecule has 7 heteroatoms. The molecule has 4 aromatic rings. The van der Waals surface area contributed by atoms with E-state index < -0.39 is 5.91 Å². The molecule has 0 saturated heterocycles. The number of aryl methyl sites for hydroxylation is 1. The first-order valence-electron chi connectivity index (χ1n) is 8.58. The van der Waals surface area contributed by atoms with Crippen LogP contribution in [0, 0.1) is 11.3 Å². The number of nitrogens with one attached hydrogen (secondary N) is 1. The van der Waals surface area contributed by atoms with Crippen molar-refractivity contribution in [2.75, 3.05) is 5.32 Å². The maximum absolute atomic E-state index is 12.4. The Balaban J connectivity index is 1.43. The summed E-state index contributed by atoms with van der Waals surface area (Å²) in [7, 11) is 1.64. The van der Waals surface area contributed by atoms with Gasteiger partial charge in [-0.2, -0.15) is 10.4 Å². The van der Waals surface area contributed by atoms with Gasteiger partial charge in [0.05, 0.1) is 6.20 Å². The van der Waals surface area contributed by atoms with Crippen molar-refractivity contribution in [2.45, 2.75) is 6.61 Å². The molecule has 0 aliphatic rings. The van der Waals surface area contributed by atoms with Crippen molar-refractivity contribution >= 4 is 22.5 Å². The van der Waals surface area contributed by atoms with E-state index in [1.807, 2.05) is 48.5 Å². The van der Waals surface area contributed by atoms with E-state index in [0.29, 0.717) is 11.6 Å². The largest absolute Gasteiger partial charge is 0.486 e. The van der Waals surface area contributed by atoms with Crippen LogP contribution in [0.15, 0.2) is 65.2 Å². The Bertz CT molecular complexity index is 1200. The molecule has 0 radical (unpaired) electrons. The van der Waals surface area contributed by atoms with Crippen LogP contribution in [0.1, 0.15) is 21.9 Å². The number of fused-ring (bicyclic) bond motifs is 1. The molecule has 138 valence electrons. The molecule has 0 unspecified atom stereocenters. The van der Waals surface area contributed by atoms with E-state index in [2.05, 4.69) is 10.4 Å². The molecule has 0 saturated carbocycles. The summed E-state index contributed by atoms with van der Waals surface area (Å²) < 4.78 is 12.8. The van der Waals surface area contributed by atoms with Gasteiger partial charge in [0.15, 0.2) is 5.76 Å². The summed E-state index contributed by atoms with van der Waals surface area (Å²) in [6.07, 6.45) is 1.39. The minimum atomic E-state index is -0.461. The van der Waals surface area contributed by atoms with Crippen molar-refractivity contribution in [3.05, 3.63) is 77.9 Å². The van der Waals surface area contributed by atoms with Gasteiger partial charge >= 0.3 is 0 Å². The second kappa shape index (κ2) is 7.29. The smallest absolute Gasteiger partial charge is 0.292 e. The van der Waals surface area contributed by atoms with Gasteiger partial charge < -0.3 is 14.5 Å². The Morgan fingerprint density at radius 3 is 2.86 bits per heavy atom. The van der Waals surface area contributed by atoms with Crippen LogP contribution in [0.3, 0.4) is 0 Å². The van der Waals surface area contributed by atoms with Crippen LogP contribution in [0.2, 0.25) is 0 Å². The van der Waals surface area contributed by atoms with Crippen molar-refractivity contribution in [2.24, 2.45) is 7.05 Å². The third-order valence-electron chi connectivity index (χ3n) is 4.28. The molecule has 0 aliphatic heterocycles. The molecule has 0 aliphatic carbocycles. The summed E-state index contributed by atoms with van der Waals surface area (Å²) in [6, 6.07) is 19.1. The zero-order valence-corrected chi connectivity index (χ0v) is 15.0. The summed E-state index contributed by atoms with van der Waals surface area (Å²) >= 11 is 0. The van der Waals surface area contributed by atoms with Gasteiger partial charge in [-0.25, -0.2) is 0 Å². The summed E-state index contributed by atoms with van der Waals surface area (Å²) in [4.78, 5) is 12.4. The fourth-order valence-electron chi connectivity index (χ4n) is 2.83. The van der Waals surface area contributed by atoms with Gasteiger partial charge in [-0.3, -0.25) is 9.48 Å². The highest BCUT2D eigenvalue weighted by molar-refractivity contribution is 6.02. The number of carbonyl (C=O) groups excluding carboxylic acids is 1. The van der Waals surface area contributed by atoms with Gasteiger partial charge in [0.25, 0.3) is 5.91 Å². The standard InChI is InChI=1S/C21H16N4O3/c1-25-20(16(11-22)12-23-25)24-21(26)19-9-8-18(28-19)13-27-17-7-6-14-4-2-3-5-15(14)10-17/h2-10,12H,13H2,1H3,(H,24,26). The third-order valence-corrected chi connectivity index (χ3v) is 4.28. The van der Waals surface area contributed by atoms with Crippen molar-refractivity contribution in [1.82, 2.24) is 9.78 Å². The number of nitrogens with zero attached hydrogens (tertiary/aromatic N) is 3. The second-order valence-electron chi connectivity index (χ2n) is 6.16. The monoisotopic (exact) mass is 372 g/mol. The van der Waals surface area contributed by atoms with Gasteiger partial charge in [0, 0.05) is 7.05 Å². The van der Waals surface area contributed by atoms with Crippen molar-refractivity contribution < 1.29 is 13.9 Å². The van der Waals surface area contributed by atoms with Gasteiger partial charge in [0.1, 0.15) is 35.6 Å². The summed E-state index contributed by atoms with van der Waals surface area (Å²) in [5.74, 6) is 1.22. The number of benzene rings is 2. The van der Waals surface area contributed by atoms with Crippen molar-refractivity contribution in [3.63, 3.8) is 0 Å². The molecular formula is C21H16N4O3. The predicted molar refractivity (Wildman–Crippen MR) is 103 cm³/mol. The Hall–Kier alpha value is -4.05. The SMILES string of the molecule is Cn1ncc(C#N)c1NC(=O)c1ccc(COc2ccc3ccccc3c2)o1. The van der Waals surface area contributed by atoms with E-state index in [4.69, 9.17) is 14.4 Å². The summed E-state index contributed by atoms with van der Waals surface area (Å²) in [5, 5.41) is 17.9. The number of hydrogen-bond acceptors (Lipinski definition) is 5. The zero-order valence-electron chi connectivity index (χ0n) is 15.0. The van der Waals surface area contributed by atoms with E-state index >= 15 is 0 Å². The van der Waals surface area contributed by atoms with Crippen LogP contribution >= 0.6 is 0 Å². The number of anilines is 1. The quantitative estimate of drug-likeness (QED) is 0.574. The van der Waals surface area contributed by atoms with E-state index in [9.17, 15) is 4.79 Å². The maximum atomic E-state index is 12.4. The lowest BCUT2D eigenvalue weighted by Gasteiger charge is -2.06. The molecule has 7 nitrogen and oxygen atoms in total. The first-order valence-corrected chi connectivity index (χ1v) is 8.58. The van der Waals surface area contributed by atoms with E-state index in [1.165, 1.54) is 10.9 Å². The average molecular weight is 372 g/mol. The number of hydrogen-bond donors (Lipinski definition) is 1. The molecule has 28 heavy (non-hydrogen) atoms. The Labute approximate surface area is 160 Å². The van der Waals surface area contributed by atoms with Crippen LogP contribution in [0.4, 0.5) is 5.82 Å². The normalized spacial score (nSPS) is 10.6. The maximum Gasteiger partial charge on any atom is 0.292 e. The number of aromatic nitrogens is 2. The minimum absolute atomic E-state index is 0.127. The van der Waals surface area contributed by atoms with Gasteiger partial charge in [-0.05, 0) is 35.0 Å². The molecule has 0 bridgehead atoms. The number of amides is 1. The molecule has 1 N–H and O–H groups in total. The molecule has 1 amide bonds. The van der Waals surface area contributed by atoms with Gasteiger partial charge in [-0.15, -0.1) is 0 Å². The number of rotatable bonds is 5. The Morgan fingerprint density at radius 2 is 2.04 bits per heavy atom. The highest BCUT2D eigenvalue weighted by Gasteiger charge is 2.16. The minimum Gasteiger partial charge on any atom is -0.486 e. The topological polar surface area (TPSA) is 93.1 Å². The molecule has 0 spiro atoms. The average Bonchev–Trinajstić information content (AvgIpc) is 3.33. The number of nitriles is 1. The lowest BCUT2D eigenvalue weighted by atomic mass is 10.1. The molecule has 0 atom stereocenters. The molecule has 2 aromatic carbocycles. The Kier molecular flexibility index (Phi) is 4.52. The molecule has 2 heterocycles. The fourth-order valence-corrected chi connectivity index (χ4v) is 2.83. The summed E-state index contributed by atoms with van der Waals surface area (Å²) in [6.45, 7) is 0.195. The van der Waals surface area contributed by atoms with Crippen molar-refractivity contribution in [3.8, 4) is 11.8 Å². The van der Waals surface area contributed by atoms with E-state index in [-0.39, 0.29) is 17.9 Å². The lowest BCUT2D eigenvalue weighted by Crippen LogP contribution is -2.14. The zero-order chi connectivity index (χ0) is 19.5. The fraction of sp³-hybridized carbons (Fsp3) is 0.0952. The number of ether oxygens (including phenoxy) is 1. The number of carbonyl (C=O) groups is 1. The van der Waals surface area contributed by atoms with E-state index in [1.54, 1.807) is 19.2 Å². The highest BCUT2D eigenvalue weighted by Crippen LogP contribution is 2.22. The van der Waals surface area contributed by atoms with Crippen LogP contribution in [0.5, 0.6) is 5.75 Å². The van der Waals surface area contributed by atoms with Crippen LogP contribution in [-0.4, -0.2) is 15.7 Å². The van der Waals surface area contributed by atoms with Crippen LogP contribution in [-0.2, 0) is 13.7 Å². The molecule has 0 fully saturated rings.